The van der Waals surface area contributed by atoms with E-state index in [1.54, 1.807) is 12.1 Å². The first-order chi connectivity index (χ1) is 15.1. The first-order valence-electron chi connectivity index (χ1n) is 10.8. The number of H-pyrrole nitrogens is 1. The Morgan fingerprint density at radius 1 is 1.19 bits per heavy atom. The van der Waals surface area contributed by atoms with Gasteiger partial charge in [0.05, 0.1) is 22.4 Å². The SMILES string of the molecule is CC1(C)c2cc(N3CCCC(S(C)(=O)=O)C3)ccc2C(=O)c2c1[nH]c1cc(C#N)ccc21. The summed E-state index contributed by atoms with van der Waals surface area (Å²) in [5.74, 6) is -0.0236. The van der Waals surface area contributed by atoms with Gasteiger partial charge >= 0.3 is 0 Å². The molecule has 0 amide bonds. The molecule has 2 aliphatic rings. The Hall–Kier alpha value is -3.11. The Bertz CT molecular complexity index is 1430. The third-order valence-corrected chi connectivity index (χ3v) is 8.65. The molecule has 1 N–H and O–H groups in total. The molecule has 0 spiro atoms. The molecular formula is C25H25N3O3S. The number of carbonyl (C=O) groups is 1. The monoisotopic (exact) mass is 447 g/mol. The maximum atomic E-state index is 13.5. The predicted molar refractivity (Wildman–Crippen MR) is 125 cm³/mol. The lowest BCUT2D eigenvalue weighted by molar-refractivity contribution is 0.103. The third kappa shape index (κ3) is 3.05. The number of rotatable bonds is 2. The molecule has 7 heteroatoms. The van der Waals surface area contributed by atoms with Crippen LogP contribution in [0.15, 0.2) is 36.4 Å². The van der Waals surface area contributed by atoms with Crippen molar-refractivity contribution in [1.29, 1.82) is 5.26 Å². The maximum absolute atomic E-state index is 13.5. The van der Waals surface area contributed by atoms with Crippen LogP contribution in [0, 0.1) is 11.3 Å². The van der Waals surface area contributed by atoms with Gasteiger partial charge in [0.1, 0.15) is 0 Å². The number of hydrogen-bond donors (Lipinski definition) is 1. The van der Waals surface area contributed by atoms with Gasteiger partial charge in [-0.3, -0.25) is 4.79 Å². The molecule has 6 nitrogen and oxygen atoms in total. The highest BCUT2D eigenvalue weighted by Gasteiger charge is 2.40. The summed E-state index contributed by atoms with van der Waals surface area (Å²) in [6, 6.07) is 13.4. The molecule has 2 heterocycles. The van der Waals surface area contributed by atoms with E-state index in [9.17, 15) is 18.5 Å². The summed E-state index contributed by atoms with van der Waals surface area (Å²) in [4.78, 5) is 19.1. The molecule has 164 valence electrons. The minimum Gasteiger partial charge on any atom is -0.370 e. The molecule has 32 heavy (non-hydrogen) atoms. The summed E-state index contributed by atoms with van der Waals surface area (Å²) < 4.78 is 24.2. The van der Waals surface area contributed by atoms with Crippen molar-refractivity contribution >= 4 is 32.2 Å². The molecule has 1 atom stereocenters. The van der Waals surface area contributed by atoms with E-state index < -0.39 is 15.3 Å². The van der Waals surface area contributed by atoms with Crippen LogP contribution in [-0.4, -0.2) is 43.8 Å². The lowest BCUT2D eigenvalue weighted by Crippen LogP contribution is -2.42. The number of ketones is 1. The topological polar surface area (TPSA) is 94.0 Å². The van der Waals surface area contributed by atoms with Crippen molar-refractivity contribution in [3.8, 4) is 6.07 Å². The van der Waals surface area contributed by atoms with E-state index in [0.717, 1.165) is 40.8 Å². The van der Waals surface area contributed by atoms with Crippen LogP contribution < -0.4 is 4.90 Å². The molecule has 0 radical (unpaired) electrons. The van der Waals surface area contributed by atoms with E-state index in [1.165, 1.54) is 6.26 Å². The second-order valence-electron chi connectivity index (χ2n) is 9.47. The number of fused-ring (bicyclic) bond motifs is 4. The molecule has 0 saturated carbocycles. The average Bonchev–Trinajstić information content (AvgIpc) is 3.17. The van der Waals surface area contributed by atoms with E-state index >= 15 is 0 Å². The quantitative estimate of drug-likeness (QED) is 0.643. The van der Waals surface area contributed by atoms with Gasteiger partial charge < -0.3 is 9.88 Å². The summed E-state index contributed by atoms with van der Waals surface area (Å²) in [6.45, 7) is 5.46. The zero-order valence-electron chi connectivity index (χ0n) is 18.4. The number of nitrogens with one attached hydrogen (secondary N) is 1. The van der Waals surface area contributed by atoms with E-state index in [0.29, 0.717) is 29.7 Å². The number of nitrogens with zero attached hydrogens (tertiary/aromatic N) is 2. The normalized spacial score (nSPS) is 20.0. The van der Waals surface area contributed by atoms with Crippen molar-refractivity contribution in [1.82, 2.24) is 4.98 Å². The molecular weight excluding hydrogens is 422 g/mol. The van der Waals surface area contributed by atoms with Gasteiger partial charge in [0.25, 0.3) is 0 Å². The molecule has 5 rings (SSSR count). The number of nitriles is 1. The van der Waals surface area contributed by atoms with Crippen molar-refractivity contribution in [2.24, 2.45) is 0 Å². The summed E-state index contributed by atoms with van der Waals surface area (Å²) in [6.07, 6.45) is 2.82. The minimum atomic E-state index is -3.10. The Labute approximate surface area is 187 Å². The van der Waals surface area contributed by atoms with Crippen molar-refractivity contribution in [3.63, 3.8) is 0 Å². The molecule has 2 aromatic carbocycles. The number of aromatic nitrogens is 1. The highest BCUT2D eigenvalue weighted by molar-refractivity contribution is 7.91. The summed E-state index contributed by atoms with van der Waals surface area (Å²) in [7, 11) is -3.10. The standard InChI is InChI=1S/C25H25N3O3S/c1-25(2)20-12-16(28-10-4-5-17(14-28)32(3,30)31)7-9-18(20)23(29)22-19-8-6-15(13-26)11-21(19)27-24(22)25/h6-9,11-12,17,27H,4-5,10,14H2,1-3H3. The number of sulfone groups is 1. The van der Waals surface area contributed by atoms with Gasteiger partial charge in [-0.25, -0.2) is 8.42 Å². The largest absolute Gasteiger partial charge is 0.370 e. The molecule has 1 fully saturated rings. The van der Waals surface area contributed by atoms with Gasteiger partial charge in [-0.05, 0) is 48.7 Å². The second-order valence-corrected chi connectivity index (χ2v) is 11.8. The highest BCUT2D eigenvalue weighted by atomic mass is 32.2. The van der Waals surface area contributed by atoms with Crippen molar-refractivity contribution < 1.29 is 13.2 Å². The van der Waals surface area contributed by atoms with E-state index in [-0.39, 0.29) is 11.0 Å². The Kier molecular flexibility index (Phi) is 4.51. The van der Waals surface area contributed by atoms with Crippen molar-refractivity contribution in [2.75, 3.05) is 24.2 Å². The first-order valence-corrected chi connectivity index (χ1v) is 12.8. The van der Waals surface area contributed by atoms with Gasteiger partial charge in [-0.2, -0.15) is 5.26 Å². The first kappa shape index (κ1) is 20.8. The van der Waals surface area contributed by atoms with Gasteiger partial charge in [-0.1, -0.05) is 19.9 Å². The van der Waals surface area contributed by atoms with Crippen LogP contribution in [0.25, 0.3) is 10.9 Å². The molecule has 1 aliphatic heterocycles. The Morgan fingerprint density at radius 2 is 1.97 bits per heavy atom. The fourth-order valence-electron chi connectivity index (χ4n) is 5.21. The van der Waals surface area contributed by atoms with E-state index in [4.69, 9.17) is 0 Å². The number of carbonyl (C=O) groups excluding carboxylic acids is 1. The molecule has 1 saturated heterocycles. The number of hydrogen-bond acceptors (Lipinski definition) is 5. The van der Waals surface area contributed by atoms with Crippen molar-refractivity contribution in [2.45, 2.75) is 37.4 Å². The van der Waals surface area contributed by atoms with Crippen LogP contribution in [0.4, 0.5) is 5.69 Å². The van der Waals surface area contributed by atoms with Gasteiger partial charge in [0.2, 0.25) is 0 Å². The predicted octanol–water partition coefficient (Wildman–Crippen LogP) is 3.92. The number of anilines is 1. The van der Waals surface area contributed by atoms with Crippen LogP contribution in [-0.2, 0) is 15.3 Å². The lowest BCUT2D eigenvalue weighted by atomic mass is 9.71. The van der Waals surface area contributed by atoms with Crippen LogP contribution in [0.2, 0.25) is 0 Å². The van der Waals surface area contributed by atoms with Crippen molar-refractivity contribution in [3.05, 3.63) is 64.3 Å². The van der Waals surface area contributed by atoms with Crippen LogP contribution >= 0.6 is 0 Å². The Morgan fingerprint density at radius 3 is 2.69 bits per heavy atom. The molecule has 1 aromatic heterocycles. The van der Waals surface area contributed by atoms with Gasteiger partial charge in [0, 0.05) is 52.6 Å². The highest BCUT2D eigenvalue weighted by Crippen LogP contribution is 2.45. The maximum Gasteiger partial charge on any atom is 0.195 e. The zero-order chi connectivity index (χ0) is 22.8. The number of aromatic amines is 1. The minimum absolute atomic E-state index is 0.0236. The summed E-state index contributed by atoms with van der Waals surface area (Å²) in [5.41, 5.74) is 4.96. The lowest BCUT2D eigenvalue weighted by Gasteiger charge is -2.36. The van der Waals surface area contributed by atoms with Crippen LogP contribution in [0.1, 0.15) is 59.4 Å². The Balaban J connectivity index is 1.61. The fourth-order valence-corrected chi connectivity index (χ4v) is 6.25. The van der Waals surface area contributed by atoms with Crippen LogP contribution in [0.3, 0.4) is 0 Å². The fraction of sp³-hybridized carbons (Fsp3) is 0.360. The zero-order valence-corrected chi connectivity index (χ0v) is 19.2. The van der Waals surface area contributed by atoms with E-state index in [2.05, 4.69) is 29.8 Å². The number of piperidine rings is 1. The third-order valence-electron chi connectivity index (χ3n) is 7.05. The van der Waals surface area contributed by atoms with E-state index in [1.807, 2.05) is 24.3 Å². The molecule has 0 bridgehead atoms. The summed E-state index contributed by atoms with van der Waals surface area (Å²) in [5, 5.41) is 9.71. The summed E-state index contributed by atoms with van der Waals surface area (Å²) >= 11 is 0. The van der Waals surface area contributed by atoms with Gasteiger partial charge in [-0.15, -0.1) is 0 Å². The molecule has 1 aliphatic carbocycles. The number of benzene rings is 2. The average molecular weight is 448 g/mol. The smallest absolute Gasteiger partial charge is 0.195 e. The molecule has 1 unspecified atom stereocenters. The van der Waals surface area contributed by atoms with Gasteiger partial charge in [0.15, 0.2) is 15.6 Å². The van der Waals surface area contributed by atoms with Crippen LogP contribution in [0.5, 0.6) is 0 Å². The molecule has 3 aromatic rings. The second kappa shape index (κ2) is 6.94.